The van der Waals surface area contributed by atoms with Crippen LogP contribution in [0.25, 0.3) is 149 Å². The molecular formula is C61H34N4O2. The molecule has 0 N–H and O–H groups in total. The number of para-hydroxylation sites is 2. The first-order chi connectivity index (χ1) is 33.2. The summed E-state index contributed by atoms with van der Waals surface area (Å²) in [6.07, 6.45) is 0. The highest BCUT2D eigenvalue weighted by Crippen LogP contribution is 2.44. The second-order valence-corrected chi connectivity index (χ2v) is 17.5. The Morgan fingerprint density at radius 2 is 0.836 bits per heavy atom. The highest BCUT2D eigenvalue weighted by atomic mass is 16.3. The van der Waals surface area contributed by atoms with Crippen molar-refractivity contribution in [3.05, 3.63) is 206 Å². The van der Waals surface area contributed by atoms with E-state index >= 15 is 0 Å². The standard InChI is InChI=1S/C61H34N4O2/c1-2-13-36-28-41(25-24-35(36)12-1)59-62-60(46-20-11-23-55-57(46)44-18-7-9-21-53(44)66-55)64-61(63-59)50-34-56-58(45-19-8-10-22-54(45)67-56)49-33-42(26-27-43(49)50)65-51-31-39-16-5-3-14-37(39)29-47(51)48-30-38-15-4-6-17-40(38)32-52(48)65/h1-34H. The summed E-state index contributed by atoms with van der Waals surface area (Å²) in [7, 11) is 0. The smallest absolute Gasteiger partial charge is 0.164 e. The van der Waals surface area contributed by atoms with E-state index in [2.05, 4.69) is 168 Å². The summed E-state index contributed by atoms with van der Waals surface area (Å²) in [5.74, 6) is 1.69. The number of aromatic nitrogens is 4. The van der Waals surface area contributed by atoms with Crippen LogP contribution in [-0.4, -0.2) is 19.5 Å². The second kappa shape index (κ2) is 13.7. The minimum absolute atomic E-state index is 0.549. The van der Waals surface area contributed by atoms with Crippen molar-refractivity contribution in [3.8, 4) is 39.9 Å². The van der Waals surface area contributed by atoms with E-state index in [1.165, 1.54) is 32.3 Å². The molecule has 6 heteroatoms. The predicted octanol–water partition coefficient (Wildman–Crippen LogP) is 16.4. The molecule has 0 aliphatic rings. The lowest BCUT2D eigenvalue weighted by molar-refractivity contribution is 0.669. The highest BCUT2D eigenvalue weighted by Gasteiger charge is 2.23. The Balaban J connectivity index is 1.03. The Kier molecular flexibility index (Phi) is 7.40. The molecule has 0 unspecified atom stereocenters. The quantitative estimate of drug-likeness (QED) is 0.176. The summed E-state index contributed by atoms with van der Waals surface area (Å²) in [4.78, 5) is 16.1. The minimum Gasteiger partial charge on any atom is -0.456 e. The van der Waals surface area contributed by atoms with Crippen molar-refractivity contribution in [2.45, 2.75) is 0 Å². The summed E-state index contributed by atoms with van der Waals surface area (Å²) in [5.41, 5.74) is 9.14. The van der Waals surface area contributed by atoms with Crippen LogP contribution in [0.15, 0.2) is 215 Å². The van der Waals surface area contributed by atoms with E-state index in [9.17, 15) is 0 Å². The van der Waals surface area contributed by atoms with Crippen LogP contribution >= 0.6 is 0 Å². The van der Waals surface area contributed by atoms with Crippen molar-refractivity contribution in [1.29, 1.82) is 0 Å². The molecule has 0 saturated heterocycles. The van der Waals surface area contributed by atoms with Crippen LogP contribution in [0.4, 0.5) is 0 Å². The topological polar surface area (TPSA) is 69.9 Å². The molecule has 0 radical (unpaired) electrons. The average molecular weight is 855 g/mol. The van der Waals surface area contributed by atoms with Gasteiger partial charge in [-0.25, -0.2) is 15.0 Å². The fraction of sp³-hybridized carbons (Fsp3) is 0. The molecule has 4 heterocycles. The molecule has 4 aromatic heterocycles. The van der Waals surface area contributed by atoms with Gasteiger partial charge >= 0.3 is 0 Å². The molecule has 11 aromatic carbocycles. The number of fused-ring (bicyclic) bond motifs is 14. The van der Waals surface area contributed by atoms with Crippen LogP contribution < -0.4 is 0 Å². The van der Waals surface area contributed by atoms with Gasteiger partial charge in [-0.15, -0.1) is 0 Å². The molecular weight excluding hydrogens is 821 g/mol. The maximum absolute atomic E-state index is 6.77. The Hall–Kier alpha value is -9.13. The number of hydrogen-bond acceptors (Lipinski definition) is 5. The van der Waals surface area contributed by atoms with Crippen LogP contribution in [0.5, 0.6) is 0 Å². The third-order valence-corrected chi connectivity index (χ3v) is 13.7. The summed E-state index contributed by atoms with van der Waals surface area (Å²) in [6.45, 7) is 0. The van der Waals surface area contributed by atoms with Gasteiger partial charge in [0.15, 0.2) is 17.5 Å². The third-order valence-electron chi connectivity index (χ3n) is 13.7. The van der Waals surface area contributed by atoms with Crippen molar-refractivity contribution < 1.29 is 8.83 Å². The molecule has 0 aliphatic carbocycles. The van der Waals surface area contributed by atoms with Crippen molar-refractivity contribution in [2.24, 2.45) is 0 Å². The van der Waals surface area contributed by atoms with Crippen molar-refractivity contribution >= 4 is 109 Å². The number of benzene rings is 11. The van der Waals surface area contributed by atoms with Crippen LogP contribution in [0.3, 0.4) is 0 Å². The largest absolute Gasteiger partial charge is 0.456 e. The van der Waals surface area contributed by atoms with E-state index in [4.69, 9.17) is 23.8 Å². The molecule has 0 saturated carbocycles. The second-order valence-electron chi connectivity index (χ2n) is 17.5. The number of furan rings is 2. The molecule has 0 amide bonds. The van der Waals surface area contributed by atoms with Crippen molar-refractivity contribution in [2.75, 3.05) is 0 Å². The monoisotopic (exact) mass is 854 g/mol. The van der Waals surface area contributed by atoms with E-state index in [0.29, 0.717) is 17.5 Å². The summed E-state index contributed by atoms with van der Waals surface area (Å²) >= 11 is 0. The minimum atomic E-state index is 0.549. The lowest BCUT2D eigenvalue weighted by Gasteiger charge is -2.14. The molecule has 67 heavy (non-hydrogen) atoms. The zero-order valence-electron chi connectivity index (χ0n) is 35.7. The van der Waals surface area contributed by atoms with Crippen molar-refractivity contribution in [1.82, 2.24) is 19.5 Å². The normalized spacial score (nSPS) is 12.2. The SMILES string of the molecule is c1ccc2cc(-c3nc(-c4cc5oc6ccccc6c5c5cc(-n6c7cc8ccccc8cc7c7cc8ccccc8cc76)ccc45)nc(-c4cccc5oc6ccccc6c45)n3)ccc2c1. The Morgan fingerprint density at radius 3 is 1.52 bits per heavy atom. The van der Waals surface area contributed by atoms with E-state index < -0.39 is 0 Å². The summed E-state index contributed by atoms with van der Waals surface area (Å²) in [5, 5.41) is 15.6. The number of hydrogen-bond donors (Lipinski definition) is 0. The van der Waals surface area contributed by atoms with Gasteiger partial charge in [0.1, 0.15) is 22.3 Å². The summed E-state index contributed by atoms with van der Waals surface area (Å²) in [6, 6.07) is 72.9. The molecule has 0 atom stereocenters. The van der Waals surface area contributed by atoms with E-state index in [0.717, 1.165) is 98.8 Å². The van der Waals surface area contributed by atoms with Crippen LogP contribution in [0.2, 0.25) is 0 Å². The Labute approximate surface area is 381 Å². The van der Waals surface area contributed by atoms with Gasteiger partial charge in [0.05, 0.1) is 11.0 Å². The molecule has 0 aliphatic heterocycles. The van der Waals surface area contributed by atoms with Crippen LogP contribution in [0, 0.1) is 0 Å². The lowest BCUT2D eigenvalue weighted by atomic mass is 9.97. The van der Waals surface area contributed by atoms with E-state index in [1.807, 2.05) is 42.5 Å². The van der Waals surface area contributed by atoms with Gasteiger partial charge in [0.2, 0.25) is 0 Å². The zero-order chi connectivity index (χ0) is 43.7. The molecule has 0 fully saturated rings. The molecule has 15 aromatic rings. The highest BCUT2D eigenvalue weighted by molar-refractivity contribution is 6.23. The molecule has 15 rings (SSSR count). The molecule has 310 valence electrons. The first kappa shape index (κ1) is 36.2. The van der Waals surface area contributed by atoms with Crippen LogP contribution in [-0.2, 0) is 0 Å². The first-order valence-electron chi connectivity index (χ1n) is 22.6. The molecule has 0 bridgehead atoms. The van der Waals surface area contributed by atoms with Gasteiger partial charge in [0, 0.05) is 54.7 Å². The molecule has 0 spiro atoms. The average Bonchev–Trinajstić information content (AvgIpc) is 4.06. The number of nitrogens with zero attached hydrogens (tertiary/aromatic N) is 4. The van der Waals surface area contributed by atoms with E-state index in [-0.39, 0.29) is 0 Å². The van der Waals surface area contributed by atoms with Gasteiger partial charge in [-0.1, -0.05) is 140 Å². The maximum Gasteiger partial charge on any atom is 0.164 e. The fourth-order valence-electron chi connectivity index (χ4n) is 10.7. The van der Waals surface area contributed by atoms with Gasteiger partial charge in [-0.2, -0.15) is 0 Å². The molecule has 6 nitrogen and oxygen atoms in total. The summed E-state index contributed by atoms with van der Waals surface area (Å²) < 4.78 is 15.6. The third kappa shape index (κ3) is 5.41. The predicted molar refractivity (Wildman–Crippen MR) is 275 cm³/mol. The van der Waals surface area contributed by atoms with Crippen molar-refractivity contribution in [3.63, 3.8) is 0 Å². The van der Waals surface area contributed by atoms with Crippen LogP contribution in [0.1, 0.15) is 0 Å². The Bertz CT molecular complexity index is 4500. The maximum atomic E-state index is 6.77. The lowest BCUT2D eigenvalue weighted by Crippen LogP contribution is -2.01. The Morgan fingerprint density at radius 1 is 0.299 bits per heavy atom. The zero-order valence-corrected chi connectivity index (χ0v) is 35.7. The van der Waals surface area contributed by atoms with Gasteiger partial charge < -0.3 is 13.4 Å². The van der Waals surface area contributed by atoms with Gasteiger partial charge in [-0.05, 0) is 110 Å². The fourth-order valence-corrected chi connectivity index (χ4v) is 10.7. The van der Waals surface area contributed by atoms with Gasteiger partial charge in [-0.3, -0.25) is 0 Å². The van der Waals surface area contributed by atoms with Gasteiger partial charge in [0.25, 0.3) is 0 Å². The van der Waals surface area contributed by atoms with E-state index in [1.54, 1.807) is 0 Å². The number of rotatable bonds is 4. The first-order valence-corrected chi connectivity index (χ1v) is 22.6.